The van der Waals surface area contributed by atoms with Crippen molar-refractivity contribution in [3.8, 4) is 5.75 Å². The Morgan fingerprint density at radius 1 is 1.15 bits per heavy atom. The molecule has 1 atom stereocenters. The standard InChI is InChI=1S/C15H18FN3O/c1-10(2)20-13-6-3-11(4-7-13)15(19-17)14-8-5-12(16)9-18-14/h3-10,15,19H,17H2,1-2H3. The van der Waals surface area contributed by atoms with Crippen LogP contribution in [0.3, 0.4) is 0 Å². The van der Waals surface area contributed by atoms with Gasteiger partial charge in [-0.25, -0.2) is 9.82 Å². The number of rotatable bonds is 5. The number of nitrogens with one attached hydrogen (secondary N) is 1. The van der Waals surface area contributed by atoms with Gasteiger partial charge in [0.25, 0.3) is 0 Å². The van der Waals surface area contributed by atoms with E-state index in [2.05, 4.69) is 10.4 Å². The fourth-order valence-electron chi connectivity index (χ4n) is 1.92. The van der Waals surface area contributed by atoms with Crippen LogP contribution in [0.15, 0.2) is 42.6 Å². The third-order valence-electron chi connectivity index (χ3n) is 2.80. The van der Waals surface area contributed by atoms with Crippen molar-refractivity contribution >= 4 is 0 Å². The van der Waals surface area contributed by atoms with E-state index >= 15 is 0 Å². The monoisotopic (exact) mass is 275 g/mol. The summed E-state index contributed by atoms with van der Waals surface area (Å²) >= 11 is 0. The quantitative estimate of drug-likeness (QED) is 0.650. The van der Waals surface area contributed by atoms with Gasteiger partial charge >= 0.3 is 0 Å². The van der Waals surface area contributed by atoms with Crippen molar-refractivity contribution in [1.82, 2.24) is 10.4 Å². The fraction of sp³-hybridized carbons (Fsp3) is 0.267. The Hall–Kier alpha value is -1.98. The van der Waals surface area contributed by atoms with Gasteiger partial charge in [0.2, 0.25) is 0 Å². The molecule has 5 heteroatoms. The number of nitrogens with two attached hydrogens (primary N) is 1. The van der Waals surface area contributed by atoms with Gasteiger partial charge in [-0.15, -0.1) is 0 Å². The summed E-state index contributed by atoms with van der Waals surface area (Å²) in [6, 6.07) is 10.3. The van der Waals surface area contributed by atoms with Crippen molar-refractivity contribution in [2.75, 3.05) is 0 Å². The number of nitrogens with zero attached hydrogens (tertiary/aromatic N) is 1. The van der Waals surface area contributed by atoms with E-state index in [-0.39, 0.29) is 18.0 Å². The summed E-state index contributed by atoms with van der Waals surface area (Å²) < 4.78 is 18.5. The van der Waals surface area contributed by atoms with Crippen LogP contribution in [0.5, 0.6) is 5.75 Å². The molecule has 106 valence electrons. The molecule has 0 saturated heterocycles. The molecule has 1 aromatic heterocycles. The number of pyridine rings is 1. The number of benzene rings is 1. The molecule has 3 N–H and O–H groups in total. The van der Waals surface area contributed by atoms with E-state index in [0.29, 0.717) is 5.69 Å². The second kappa shape index (κ2) is 6.45. The molecule has 0 spiro atoms. The molecular formula is C15H18FN3O. The van der Waals surface area contributed by atoms with Crippen LogP contribution in [0.4, 0.5) is 4.39 Å². The number of hydrogen-bond donors (Lipinski definition) is 2. The summed E-state index contributed by atoms with van der Waals surface area (Å²) in [5, 5.41) is 0. The zero-order chi connectivity index (χ0) is 14.5. The molecule has 0 fully saturated rings. The first-order valence-corrected chi connectivity index (χ1v) is 6.44. The lowest BCUT2D eigenvalue weighted by Crippen LogP contribution is -2.29. The topological polar surface area (TPSA) is 60.2 Å². The molecule has 2 rings (SSSR count). The smallest absolute Gasteiger partial charge is 0.141 e. The van der Waals surface area contributed by atoms with E-state index in [1.54, 1.807) is 6.07 Å². The number of hydrogen-bond acceptors (Lipinski definition) is 4. The molecule has 0 aliphatic carbocycles. The van der Waals surface area contributed by atoms with E-state index in [4.69, 9.17) is 10.6 Å². The summed E-state index contributed by atoms with van der Waals surface area (Å²) in [7, 11) is 0. The summed E-state index contributed by atoms with van der Waals surface area (Å²) in [5.74, 6) is 6.01. The summed E-state index contributed by atoms with van der Waals surface area (Å²) in [5.41, 5.74) is 4.28. The first kappa shape index (κ1) is 14.4. The predicted molar refractivity (Wildman–Crippen MR) is 75.6 cm³/mol. The van der Waals surface area contributed by atoms with E-state index in [9.17, 15) is 4.39 Å². The van der Waals surface area contributed by atoms with Crippen LogP contribution in [0.1, 0.15) is 31.1 Å². The molecular weight excluding hydrogens is 257 g/mol. The van der Waals surface area contributed by atoms with Gasteiger partial charge in [0.05, 0.1) is 24.0 Å². The van der Waals surface area contributed by atoms with Crippen LogP contribution in [0, 0.1) is 5.82 Å². The largest absolute Gasteiger partial charge is 0.491 e. The van der Waals surface area contributed by atoms with Crippen molar-refractivity contribution in [1.29, 1.82) is 0 Å². The normalized spacial score (nSPS) is 12.4. The lowest BCUT2D eigenvalue weighted by molar-refractivity contribution is 0.242. The van der Waals surface area contributed by atoms with Gasteiger partial charge in [0, 0.05) is 0 Å². The van der Waals surface area contributed by atoms with Gasteiger partial charge in [0.1, 0.15) is 11.6 Å². The van der Waals surface area contributed by atoms with Crippen molar-refractivity contribution in [2.45, 2.75) is 26.0 Å². The van der Waals surface area contributed by atoms with E-state index in [0.717, 1.165) is 11.3 Å². The first-order chi connectivity index (χ1) is 9.60. The van der Waals surface area contributed by atoms with Gasteiger partial charge in [-0.2, -0.15) is 0 Å². The van der Waals surface area contributed by atoms with Gasteiger partial charge < -0.3 is 4.74 Å². The summed E-state index contributed by atoms with van der Waals surface area (Å²) in [6.07, 6.45) is 1.30. The highest BCUT2D eigenvalue weighted by atomic mass is 19.1. The average Bonchev–Trinajstić information content (AvgIpc) is 2.43. The highest BCUT2D eigenvalue weighted by molar-refractivity contribution is 5.33. The molecule has 0 amide bonds. The van der Waals surface area contributed by atoms with Crippen LogP contribution >= 0.6 is 0 Å². The molecule has 2 aromatic rings. The van der Waals surface area contributed by atoms with Crippen LogP contribution in [-0.2, 0) is 0 Å². The molecule has 0 bridgehead atoms. The van der Waals surface area contributed by atoms with Crippen LogP contribution in [0.25, 0.3) is 0 Å². The molecule has 20 heavy (non-hydrogen) atoms. The van der Waals surface area contributed by atoms with Crippen LogP contribution < -0.4 is 16.0 Å². The maximum Gasteiger partial charge on any atom is 0.141 e. The molecule has 1 heterocycles. The maximum atomic E-state index is 12.9. The molecule has 0 radical (unpaired) electrons. The van der Waals surface area contributed by atoms with E-state index in [1.807, 2.05) is 38.1 Å². The second-order valence-electron chi connectivity index (χ2n) is 4.74. The molecule has 1 aromatic carbocycles. The highest BCUT2D eigenvalue weighted by Gasteiger charge is 2.14. The SMILES string of the molecule is CC(C)Oc1ccc(C(NN)c2ccc(F)cn2)cc1. The average molecular weight is 275 g/mol. The third kappa shape index (κ3) is 3.53. The lowest BCUT2D eigenvalue weighted by atomic mass is 10.0. The summed E-state index contributed by atoms with van der Waals surface area (Å²) in [4.78, 5) is 4.05. The van der Waals surface area contributed by atoms with Crippen molar-refractivity contribution in [2.24, 2.45) is 5.84 Å². The number of ether oxygens (including phenoxy) is 1. The van der Waals surface area contributed by atoms with Crippen molar-refractivity contribution in [3.05, 3.63) is 59.7 Å². The molecule has 0 saturated carbocycles. The van der Waals surface area contributed by atoms with Gasteiger partial charge in [-0.05, 0) is 43.7 Å². The highest BCUT2D eigenvalue weighted by Crippen LogP contribution is 2.22. The lowest BCUT2D eigenvalue weighted by Gasteiger charge is -2.17. The Kier molecular flexibility index (Phi) is 4.65. The minimum atomic E-state index is -0.370. The molecule has 4 nitrogen and oxygen atoms in total. The zero-order valence-electron chi connectivity index (χ0n) is 11.5. The van der Waals surface area contributed by atoms with Crippen molar-refractivity contribution < 1.29 is 9.13 Å². The minimum absolute atomic E-state index is 0.128. The second-order valence-corrected chi connectivity index (χ2v) is 4.74. The Bertz CT molecular complexity index is 540. The molecule has 1 unspecified atom stereocenters. The molecule has 0 aliphatic heterocycles. The third-order valence-corrected chi connectivity index (χ3v) is 2.80. The van der Waals surface area contributed by atoms with Crippen LogP contribution in [-0.4, -0.2) is 11.1 Å². The Morgan fingerprint density at radius 3 is 2.35 bits per heavy atom. The van der Waals surface area contributed by atoms with Gasteiger partial charge in [0.15, 0.2) is 0 Å². The van der Waals surface area contributed by atoms with Gasteiger partial charge in [-0.3, -0.25) is 10.8 Å². The first-order valence-electron chi connectivity index (χ1n) is 6.44. The minimum Gasteiger partial charge on any atom is -0.491 e. The number of aromatic nitrogens is 1. The fourth-order valence-corrected chi connectivity index (χ4v) is 1.92. The maximum absolute atomic E-state index is 12.9. The predicted octanol–water partition coefficient (Wildman–Crippen LogP) is 2.56. The van der Waals surface area contributed by atoms with Gasteiger partial charge in [-0.1, -0.05) is 12.1 Å². The molecule has 0 aliphatic rings. The summed E-state index contributed by atoms with van der Waals surface area (Å²) in [6.45, 7) is 3.95. The number of halogens is 1. The van der Waals surface area contributed by atoms with Crippen molar-refractivity contribution in [3.63, 3.8) is 0 Å². The Morgan fingerprint density at radius 2 is 1.85 bits per heavy atom. The van der Waals surface area contributed by atoms with E-state index in [1.165, 1.54) is 12.3 Å². The Balaban J connectivity index is 2.21. The van der Waals surface area contributed by atoms with E-state index < -0.39 is 0 Å². The number of hydrazine groups is 1. The zero-order valence-corrected chi connectivity index (χ0v) is 11.5. The van der Waals surface area contributed by atoms with Crippen LogP contribution in [0.2, 0.25) is 0 Å². The Labute approximate surface area is 117 Å².